The summed E-state index contributed by atoms with van der Waals surface area (Å²) in [4.78, 5) is 0. The number of hydrogen-bond donors (Lipinski definition) is 0. The Labute approximate surface area is 190 Å². The standard InChI is InChI=1S/C22H38O3S.Na.H/c1-2-3-4-5-6-7-8-9-10-11-12-13-14-18-21-26(23,24)25-22-19-16-15-17-20-22;;/h15-17,19-20H,2-14,18,21H2,1H3;;. The van der Waals surface area contributed by atoms with Gasteiger partial charge in [-0.05, 0) is 18.6 Å². The van der Waals surface area contributed by atoms with Crippen LogP contribution in [0.4, 0.5) is 0 Å². The number of benzene rings is 1. The Bertz CT molecular complexity index is 532. The van der Waals surface area contributed by atoms with Gasteiger partial charge in [0, 0.05) is 0 Å². The second-order valence-electron chi connectivity index (χ2n) is 7.25. The van der Waals surface area contributed by atoms with Crippen LogP contribution in [0.5, 0.6) is 5.75 Å². The Balaban J connectivity index is 0.00000676. The van der Waals surface area contributed by atoms with Gasteiger partial charge in [-0.2, -0.15) is 8.42 Å². The van der Waals surface area contributed by atoms with Crippen molar-refractivity contribution in [1.82, 2.24) is 0 Å². The van der Waals surface area contributed by atoms with Crippen molar-refractivity contribution in [2.45, 2.75) is 96.8 Å². The van der Waals surface area contributed by atoms with Gasteiger partial charge >= 0.3 is 39.7 Å². The fraction of sp³-hybridized carbons (Fsp3) is 0.727. The molecule has 1 rings (SSSR count). The van der Waals surface area contributed by atoms with Crippen molar-refractivity contribution in [1.29, 1.82) is 0 Å². The second-order valence-corrected chi connectivity index (χ2v) is 8.94. The average Bonchev–Trinajstić information content (AvgIpc) is 2.62. The summed E-state index contributed by atoms with van der Waals surface area (Å²) in [5.74, 6) is 0.512. The van der Waals surface area contributed by atoms with Gasteiger partial charge in [0.25, 0.3) is 0 Å². The Kier molecular flexibility index (Phi) is 18.0. The van der Waals surface area contributed by atoms with Crippen LogP contribution < -0.4 is 4.18 Å². The Morgan fingerprint density at radius 2 is 1.07 bits per heavy atom. The molecule has 5 heteroatoms. The van der Waals surface area contributed by atoms with Crippen molar-refractivity contribution in [2.24, 2.45) is 0 Å². The molecule has 0 bridgehead atoms. The third-order valence-electron chi connectivity index (χ3n) is 4.71. The molecule has 0 fully saturated rings. The third kappa shape index (κ3) is 16.6. The number of unbranched alkanes of at least 4 members (excludes halogenated alkanes) is 13. The van der Waals surface area contributed by atoms with Crippen LogP contribution >= 0.6 is 0 Å². The second kappa shape index (κ2) is 18.0. The topological polar surface area (TPSA) is 43.4 Å². The maximum atomic E-state index is 11.9. The summed E-state index contributed by atoms with van der Waals surface area (Å²) in [5.41, 5.74) is 0. The van der Waals surface area contributed by atoms with Crippen LogP contribution in [0.3, 0.4) is 0 Å². The summed E-state index contributed by atoms with van der Waals surface area (Å²) in [6, 6.07) is 8.73. The number of hydrogen-bond acceptors (Lipinski definition) is 3. The normalized spacial score (nSPS) is 11.1. The van der Waals surface area contributed by atoms with E-state index in [1.807, 2.05) is 6.07 Å². The van der Waals surface area contributed by atoms with Crippen LogP contribution in [0.2, 0.25) is 0 Å². The van der Waals surface area contributed by atoms with E-state index in [0.29, 0.717) is 12.2 Å². The minimum absolute atomic E-state index is 0. The molecule has 0 amide bonds. The molecule has 3 nitrogen and oxygen atoms in total. The first-order chi connectivity index (χ1) is 12.6. The summed E-state index contributed by atoms with van der Waals surface area (Å²) in [5, 5.41) is 0. The summed E-state index contributed by atoms with van der Waals surface area (Å²) in [6.07, 6.45) is 17.7. The molecular weight excluding hydrogens is 367 g/mol. The molecule has 0 unspecified atom stereocenters. The van der Waals surface area contributed by atoms with Crippen molar-refractivity contribution in [3.63, 3.8) is 0 Å². The van der Waals surface area contributed by atoms with E-state index in [1.165, 1.54) is 70.6 Å². The van der Waals surface area contributed by atoms with Gasteiger partial charge in [-0.15, -0.1) is 0 Å². The number of para-hydroxylation sites is 1. The van der Waals surface area contributed by atoms with Gasteiger partial charge in [0.2, 0.25) is 0 Å². The Morgan fingerprint density at radius 3 is 1.52 bits per heavy atom. The molecule has 0 saturated carbocycles. The average molecular weight is 407 g/mol. The fourth-order valence-corrected chi connectivity index (χ4v) is 4.18. The first-order valence-electron chi connectivity index (χ1n) is 10.6. The van der Waals surface area contributed by atoms with Gasteiger partial charge in [-0.1, -0.05) is 109 Å². The first kappa shape index (κ1) is 27.0. The summed E-state index contributed by atoms with van der Waals surface area (Å²) in [7, 11) is -3.45. The summed E-state index contributed by atoms with van der Waals surface area (Å²) < 4.78 is 28.9. The van der Waals surface area contributed by atoms with Crippen molar-refractivity contribution < 1.29 is 12.6 Å². The molecule has 27 heavy (non-hydrogen) atoms. The molecule has 0 aromatic heterocycles. The molecule has 0 atom stereocenters. The molecular formula is C22H39NaO3S. The van der Waals surface area contributed by atoms with E-state index in [1.54, 1.807) is 24.3 Å². The van der Waals surface area contributed by atoms with Crippen LogP contribution in [-0.2, 0) is 10.1 Å². The molecule has 0 heterocycles. The van der Waals surface area contributed by atoms with Gasteiger partial charge < -0.3 is 4.18 Å². The zero-order valence-electron chi connectivity index (χ0n) is 16.6. The first-order valence-corrected chi connectivity index (χ1v) is 12.2. The predicted octanol–water partition coefficient (Wildman–Crippen LogP) is 6.23. The quantitative estimate of drug-likeness (QED) is 0.175. The maximum absolute atomic E-state index is 11.9. The van der Waals surface area contributed by atoms with Crippen LogP contribution in [0, 0.1) is 0 Å². The van der Waals surface area contributed by atoms with E-state index in [4.69, 9.17) is 4.18 Å². The van der Waals surface area contributed by atoms with Gasteiger partial charge in [0.15, 0.2) is 0 Å². The molecule has 0 saturated heterocycles. The Hall–Kier alpha value is -0.0300. The van der Waals surface area contributed by atoms with Crippen LogP contribution in [0.1, 0.15) is 96.8 Å². The molecule has 0 radical (unpaired) electrons. The molecule has 1 aromatic carbocycles. The van der Waals surface area contributed by atoms with Gasteiger partial charge in [0.05, 0.1) is 5.75 Å². The molecule has 0 aliphatic carbocycles. The van der Waals surface area contributed by atoms with Crippen molar-refractivity contribution >= 4 is 39.7 Å². The van der Waals surface area contributed by atoms with Gasteiger partial charge in [-0.25, -0.2) is 0 Å². The van der Waals surface area contributed by atoms with E-state index >= 15 is 0 Å². The van der Waals surface area contributed by atoms with E-state index in [2.05, 4.69) is 6.92 Å². The van der Waals surface area contributed by atoms with Crippen molar-refractivity contribution in [3.8, 4) is 5.75 Å². The van der Waals surface area contributed by atoms with E-state index in [0.717, 1.165) is 12.8 Å². The molecule has 0 aliphatic heterocycles. The zero-order valence-corrected chi connectivity index (χ0v) is 17.4. The van der Waals surface area contributed by atoms with Crippen LogP contribution in [-0.4, -0.2) is 43.7 Å². The van der Waals surface area contributed by atoms with E-state index in [-0.39, 0.29) is 35.3 Å². The molecule has 152 valence electrons. The fourth-order valence-electron chi connectivity index (χ4n) is 3.14. The van der Waals surface area contributed by atoms with Crippen molar-refractivity contribution in [2.75, 3.05) is 5.75 Å². The SMILES string of the molecule is CCCCCCCCCCCCCCCCS(=O)(=O)Oc1ccccc1.[NaH]. The molecule has 1 aromatic rings. The Morgan fingerprint density at radius 1 is 0.667 bits per heavy atom. The molecule has 0 aliphatic rings. The van der Waals surface area contributed by atoms with Crippen LogP contribution in [0.15, 0.2) is 30.3 Å². The van der Waals surface area contributed by atoms with Crippen LogP contribution in [0.25, 0.3) is 0 Å². The summed E-state index contributed by atoms with van der Waals surface area (Å²) >= 11 is 0. The van der Waals surface area contributed by atoms with E-state index in [9.17, 15) is 8.42 Å². The zero-order chi connectivity index (χ0) is 18.9. The third-order valence-corrected chi connectivity index (χ3v) is 5.95. The minimum atomic E-state index is -3.45. The van der Waals surface area contributed by atoms with E-state index < -0.39 is 10.1 Å². The van der Waals surface area contributed by atoms with Crippen molar-refractivity contribution in [3.05, 3.63) is 30.3 Å². The summed E-state index contributed by atoms with van der Waals surface area (Å²) in [6.45, 7) is 2.26. The monoisotopic (exact) mass is 406 g/mol. The molecule has 0 spiro atoms. The van der Waals surface area contributed by atoms with Gasteiger partial charge in [0.1, 0.15) is 5.75 Å². The molecule has 0 N–H and O–H groups in total. The predicted molar refractivity (Wildman–Crippen MR) is 118 cm³/mol. The number of rotatable bonds is 17. The van der Waals surface area contributed by atoms with Gasteiger partial charge in [-0.3, -0.25) is 0 Å².